The lowest BCUT2D eigenvalue weighted by Crippen LogP contribution is -2.30. The Hall–Kier alpha value is 0.260. The molecule has 0 aromatic carbocycles. The summed E-state index contributed by atoms with van der Waals surface area (Å²) < 4.78 is 0.923. The van der Waals surface area contributed by atoms with E-state index < -0.39 is 11.4 Å². The van der Waals surface area contributed by atoms with Gasteiger partial charge in [-0.05, 0) is 25.5 Å². The third-order valence-corrected chi connectivity index (χ3v) is 9.98. The molecule has 0 aromatic heterocycles. The Morgan fingerprint density at radius 2 is 1.03 bits per heavy atom. The van der Waals surface area contributed by atoms with E-state index in [0.29, 0.717) is 5.75 Å². The van der Waals surface area contributed by atoms with Gasteiger partial charge in [-0.3, -0.25) is 4.79 Å². The van der Waals surface area contributed by atoms with Crippen LogP contribution < -0.4 is 0 Å². The first-order chi connectivity index (χ1) is 16.5. The van der Waals surface area contributed by atoms with Crippen molar-refractivity contribution in [2.45, 2.75) is 156 Å². The van der Waals surface area contributed by atoms with Crippen LogP contribution in [0.5, 0.6) is 0 Å². The van der Waals surface area contributed by atoms with E-state index in [2.05, 4.69) is 13.8 Å². The smallest absolute Gasteiger partial charge is 0.310 e. The molecule has 5 heteroatoms. The van der Waals surface area contributed by atoms with Crippen molar-refractivity contribution in [3.63, 3.8) is 0 Å². The van der Waals surface area contributed by atoms with Gasteiger partial charge in [-0.25, -0.2) is 0 Å². The Morgan fingerprint density at radius 1 is 0.647 bits per heavy atom. The molecule has 202 valence electrons. The van der Waals surface area contributed by atoms with Crippen molar-refractivity contribution >= 4 is 45.2 Å². The summed E-state index contributed by atoms with van der Waals surface area (Å²) in [5.41, 5.74) is -0.660. The van der Waals surface area contributed by atoms with Crippen LogP contribution in [-0.2, 0) is 4.79 Å². The van der Waals surface area contributed by atoms with Crippen LogP contribution in [0.4, 0.5) is 0 Å². The zero-order valence-corrected chi connectivity index (χ0v) is 25.3. The van der Waals surface area contributed by atoms with Gasteiger partial charge < -0.3 is 5.11 Å². The number of hydrogen-bond donors (Lipinski definition) is 1. The first kappa shape index (κ1) is 34.3. The van der Waals surface area contributed by atoms with E-state index in [1.54, 1.807) is 23.5 Å². The lowest BCUT2D eigenvalue weighted by Gasteiger charge is -2.24. The predicted octanol–water partition coefficient (Wildman–Crippen LogP) is 11.1. The van der Waals surface area contributed by atoms with Crippen molar-refractivity contribution in [2.75, 3.05) is 11.5 Å². The first-order valence-electron chi connectivity index (χ1n) is 14.5. The summed E-state index contributed by atoms with van der Waals surface area (Å²) in [4.78, 5) is 11.9. The van der Waals surface area contributed by atoms with Crippen molar-refractivity contribution in [2.24, 2.45) is 5.41 Å². The Morgan fingerprint density at radius 3 is 1.44 bits per heavy atom. The number of carbonyl (C=O) groups is 1. The SMILES string of the molecule is CCCCCCCCCCCCSC(=S)SCC(C)(CCCCCCCCCCCC)C(=O)O. The molecule has 0 aliphatic heterocycles. The fraction of sp³-hybridized carbons (Fsp3) is 0.931. The van der Waals surface area contributed by atoms with Crippen LogP contribution in [0.25, 0.3) is 0 Å². The van der Waals surface area contributed by atoms with Gasteiger partial charge in [0.05, 0.1) is 5.41 Å². The number of rotatable bonds is 25. The van der Waals surface area contributed by atoms with Crippen molar-refractivity contribution in [3.8, 4) is 0 Å². The van der Waals surface area contributed by atoms with Crippen molar-refractivity contribution < 1.29 is 9.90 Å². The van der Waals surface area contributed by atoms with Gasteiger partial charge in [0.15, 0.2) is 0 Å². The largest absolute Gasteiger partial charge is 0.481 e. The molecule has 0 heterocycles. The maximum atomic E-state index is 11.9. The van der Waals surface area contributed by atoms with Crippen LogP contribution in [0.15, 0.2) is 0 Å². The predicted molar refractivity (Wildman–Crippen MR) is 162 cm³/mol. The maximum Gasteiger partial charge on any atom is 0.310 e. The van der Waals surface area contributed by atoms with Gasteiger partial charge in [0.1, 0.15) is 3.53 Å². The molecule has 0 aliphatic carbocycles. The van der Waals surface area contributed by atoms with Gasteiger partial charge >= 0.3 is 5.97 Å². The zero-order chi connectivity index (χ0) is 25.3. The minimum absolute atomic E-state index is 0.601. The number of unbranched alkanes of at least 4 members (excludes halogenated alkanes) is 18. The molecule has 34 heavy (non-hydrogen) atoms. The number of aliphatic carboxylic acids is 1. The summed E-state index contributed by atoms with van der Waals surface area (Å²) in [6.45, 7) is 6.44. The van der Waals surface area contributed by atoms with E-state index >= 15 is 0 Å². The number of carboxylic acid groups (broad SMARTS) is 1. The molecule has 0 saturated heterocycles. The zero-order valence-electron chi connectivity index (χ0n) is 22.8. The highest BCUT2D eigenvalue weighted by atomic mass is 32.2. The van der Waals surface area contributed by atoms with E-state index in [-0.39, 0.29) is 0 Å². The molecular formula is C29H56O2S3. The quantitative estimate of drug-likeness (QED) is 0.0934. The lowest BCUT2D eigenvalue weighted by molar-refractivity contribution is -0.147. The van der Waals surface area contributed by atoms with E-state index in [0.717, 1.165) is 28.5 Å². The summed E-state index contributed by atoms with van der Waals surface area (Å²) >= 11 is 8.87. The molecule has 0 rings (SSSR count). The molecular weight excluding hydrogens is 477 g/mol. The van der Waals surface area contributed by atoms with Gasteiger partial charge in [0.2, 0.25) is 0 Å². The normalized spacial score (nSPS) is 13.1. The molecule has 0 aromatic rings. The fourth-order valence-electron chi connectivity index (χ4n) is 4.25. The summed E-state index contributed by atoms with van der Waals surface area (Å²) in [6.07, 6.45) is 27.1. The lowest BCUT2D eigenvalue weighted by atomic mass is 9.86. The standard InChI is InChI=1S/C29H56O2S3/c1-4-6-8-10-12-14-16-18-20-22-24-29(3,27(30)31)26-34-28(32)33-25-23-21-19-17-15-13-11-9-7-5-2/h4-26H2,1-3H3,(H,30,31). The highest BCUT2D eigenvalue weighted by Crippen LogP contribution is 2.32. The first-order valence-corrected chi connectivity index (χ1v) is 16.9. The van der Waals surface area contributed by atoms with Crippen LogP contribution in [0.1, 0.15) is 156 Å². The van der Waals surface area contributed by atoms with Crippen molar-refractivity contribution in [1.29, 1.82) is 0 Å². The third-order valence-electron chi connectivity index (χ3n) is 6.82. The average molecular weight is 533 g/mol. The average Bonchev–Trinajstić information content (AvgIpc) is 2.82. The summed E-state index contributed by atoms with van der Waals surface area (Å²) in [5, 5.41) is 9.80. The fourth-order valence-corrected chi connectivity index (χ4v) is 6.65. The number of carboxylic acids is 1. The van der Waals surface area contributed by atoms with Gasteiger partial charge in [-0.15, -0.1) is 23.5 Å². The minimum atomic E-state index is -0.668. The highest BCUT2D eigenvalue weighted by molar-refractivity contribution is 8.47. The molecule has 1 N–H and O–H groups in total. The Kier molecular flexibility index (Phi) is 25.1. The molecule has 0 saturated carbocycles. The van der Waals surface area contributed by atoms with Crippen LogP contribution in [-0.4, -0.2) is 26.1 Å². The maximum absolute atomic E-state index is 11.9. The molecule has 0 radical (unpaired) electrons. The Bertz CT molecular complexity index is 484. The monoisotopic (exact) mass is 532 g/mol. The van der Waals surface area contributed by atoms with E-state index in [9.17, 15) is 9.90 Å². The summed E-state index contributed by atoms with van der Waals surface area (Å²) in [5.74, 6) is 1.01. The van der Waals surface area contributed by atoms with Gasteiger partial charge in [-0.1, -0.05) is 148 Å². The number of thioether (sulfide) groups is 2. The Labute approximate surface area is 227 Å². The topological polar surface area (TPSA) is 37.3 Å². The number of thiocarbonyl (C=S) groups is 1. The van der Waals surface area contributed by atoms with Crippen LogP contribution in [0, 0.1) is 5.41 Å². The van der Waals surface area contributed by atoms with Gasteiger partial charge in [-0.2, -0.15) is 0 Å². The molecule has 2 nitrogen and oxygen atoms in total. The molecule has 1 unspecified atom stereocenters. The molecule has 0 spiro atoms. The van der Waals surface area contributed by atoms with Crippen molar-refractivity contribution in [3.05, 3.63) is 0 Å². The van der Waals surface area contributed by atoms with E-state index in [1.165, 1.54) is 116 Å². The van der Waals surface area contributed by atoms with Crippen LogP contribution in [0.3, 0.4) is 0 Å². The second-order valence-electron chi connectivity index (χ2n) is 10.4. The molecule has 0 fully saturated rings. The molecule has 0 bridgehead atoms. The third kappa shape index (κ3) is 21.5. The minimum Gasteiger partial charge on any atom is -0.481 e. The van der Waals surface area contributed by atoms with Crippen LogP contribution >= 0.6 is 35.7 Å². The Balaban J connectivity index is 3.75. The second kappa shape index (κ2) is 24.9. The van der Waals surface area contributed by atoms with Gasteiger partial charge in [0, 0.05) is 5.75 Å². The summed E-state index contributed by atoms with van der Waals surface area (Å²) in [7, 11) is 0. The number of hydrogen-bond acceptors (Lipinski definition) is 4. The molecule has 0 aliphatic rings. The second-order valence-corrected chi connectivity index (χ2v) is 13.6. The molecule has 0 amide bonds. The van der Waals surface area contributed by atoms with Crippen molar-refractivity contribution in [1.82, 2.24) is 0 Å². The molecule has 1 atom stereocenters. The van der Waals surface area contributed by atoms with E-state index in [1.807, 2.05) is 6.92 Å². The van der Waals surface area contributed by atoms with E-state index in [4.69, 9.17) is 12.2 Å². The van der Waals surface area contributed by atoms with Gasteiger partial charge in [0.25, 0.3) is 0 Å². The van der Waals surface area contributed by atoms with Crippen LogP contribution in [0.2, 0.25) is 0 Å². The summed E-state index contributed by atoms with van der Waals surface area (Å²) in [6, 6.07) is 0. The highest BCUT2D eigenvalue weighted by Gasteiger charge is 2.32.